The molecule has 2 aliphatic heterocycles. The van der Waals surface area contributed by atoms with Gasteiger partial charge in [0.2, 0.25) is 0 Å². The summed E-state index contributed by atoms with van der Waals surface area (Å²) in [4.78, 5) is 1.42. The highest BCUT2D eigenvalue weighted by Gasteiger charge is 2.45. The van der Waals surface area contributed by atoms with Crippen molar-refractivity contribution in [2.75, 3.05) is 5.73 Å². The first-order valence-electron chi connectivity index (χ1n) is 6.64. The van der Waals surface area contributed by atoms with Gasteiger partial charge in [0.05, 0.1) is 6.04 Å². The summed E-state index contributed by atoms with van der Waals surface area (Å²) in [6, 6.07) is 4.58. The third kappa shape index (κ3) is 1.99. The summed E-state index contributed by atoms with van der Waals surface area (Å²) in [6.45, 7) is 0. The fourth-order valence-corrected chi connectivity index (χ4v) is 3.12. The van der Waals surface area contributed by atoms with E-state index in [2.05, 4.69) is 5.32 Å². The fraction of sp³-hybridized carbons (Fsp3) is 0.538. The SMILES string of the molecule is Nc1cccc2c1C(O)N(C1CCC(O)NC1O)C2O. The molecule has 7 N–H and O–H groups in total. The first-order chi connectivity index (χ1) is 9.50. The van der Waals surface area contributed by atoms with Gasteiger partial charge in [-0.1, -0.05) is 12.1 Å². The molecule has 0 bridgehead atoms. The third-order valence-electron chi connectivity index (χ3n) is 4.12. The van der Waals surface area contributed by atoms with E-state index in [0.29, 0.717) is 29.7 Å². The Morgan fingerprint density at radius 1 is 1.10 bits per heavy atom. The number of rotatable bonds is 1. The minimum atomic E-state index is -1.07. The lowest BCUT2D eigenvalue weighted by Gasteiger charge is -2.40. The van der Waals surface area contributed by atoms with Crippen molar-refractivity contribution in [2.45, 2.75) is 43.8 Å². The number of aliphatic hydroxyl groups excluding tert-OH is 4. The molecule has 7 heteroatoms. The van der Waals surface area contributed by atoms with Crippen molar-refractivity contribution in [3.05, 3.63) is 29.3 Å². The number of benzene rings is 1. The zero-order valence-electron chi connectivity index (χ0n) is 10.8. The average Bonchev–Trinajstić information content (AvgIpc) is 2.64. The highest BCUT2D eigenvalue weighted by Crippen LogP contribution is 2.44. The Balaban J connectivity index is 1.91. The molecule has 0 aromatic heterocycles. The number of anilines is 1. The van der Waals surface area contributed by atoms with Gasteiger partial charge in [0.1, 0.15) is 24.9 Å². The standard InChI is InChI=1S/C13H19N3O4/c14-7-3-1-2-6-10(7)13(20)16(12(6)19)8-4-5-9(17)15-11(8)18/h1-3,8-9,11-13,15,17-20H,4-5,14H2. The molecule has 5 unspecified atom stereocenters. The predicted octanol–water partition coefficient (Wildman–Crippen LogP) is -1.05. The summed E-state index contributed by atoms with van der Waals surface area (Å²) >= 11 is 0. The van der Waals surface area contributed by atoms with E-state index in [9.17, 15) is 20.4 Å². The van der Waals surface area contributed by atoms with Gasteiger partial charge >= 0.3 is 0 Å². The van der Waals surface area contributed by atoms with E-state index >= 15 is 0 Å². The van der Waals surface area contributed by atoms with Crippen LogP contribution in [0.2, 0.25) is 0 Å². The van der Waals surface area contributed by atoms with Gasteiger partial charge in [-0.25, -0.2) is 4.90 Å². The Hall–Kier alpha value is -1.22. The zero-order valence-corrected chi connectivity index (χ0v) is 10.8. The lowest BCUT2D eigenvalue weighted by Crippen LogP contribution is -2.57. The fourth-order valence-electron chi connectivity index (χ4n) is 3.12. The molecular weight excluding hydrogens is 262 g/mol. The molecule has 7 nitrogen and oxygen atoms in total. The Morgan fingerprint density at radius 2 is 1.85 bits per heavy atom. The van der Waals surface area contributed by atoms with Crippen molar-refractivity contribution in [3.63, 3.8) is 0 Å². The number of hydrogen-bond acceptors (Lipinski definition) is 7. The highest BCUT2D eigenvalue weighted by molar-refractivity contribution is 5.54. The predicted molar refractivity (Wildman–Crippen MR) is 70.8 cm³/mol. The van der Waals surface area contributed by atoms with Gasteiger partial charge in [-0.05, 0) is 18.9 Å². The van der Waals surface area contributed by atoms with Crippen LogP contribution < -0.4 is 11.1 Å². The molecule has 3 rings (SSSR count). The number of nitrogens with two attached hydrogens (primary N) is 1. The largest absolute Gasteiger partial charge is 0.398 e. The van der Waals surface area contributed by atoms with Gasteiger partial charge in [-0.15, -0.1) is 0 Å². The normalized spacial score (nSPS) is 37.9. The van der Waals surface area contributed by atoms with Crippen LogP contribution in [0.3, 0.4) is 0 Å². The van der Waals surface area contributed by atoms with E-state index in [0.717, 1.165) is 0 Å². The van der Waals surface area contributed by atoms with Crippen LogP contribution in [0.5, 0.6) is 0 Å². The Labute approximate surface area is 116 Å². The van der Waals surface area contributed by atoms with Crippen LogP contribution >= 0.6 is 0 Å². The monoisotopic (exact) mass is 281 g/mol. The zero-order chi connectivity index (χ0) is 14.4. The highest BCUT2D eigenvalue weighted by atomic mass is 16.3. The van der Waals surface area contributed by atoms with E-state index in [1.54, 1.807) is 18.2 Å². The Kier molecular flexibility index (Phi) is 3.41. The van der Waals surface area contributed by atoms with E-state index in [1.807, 2.05) is 0 Å². The minimum Gasteiger partial charge on any atom is -0.398 e. The number of hydrogen-bond donors (Lipinski definition) is 6. The molecule has 0 amide bonds. The van der Waals surface area contributed by atoms with Crippen LogP contribution in [0.4, 0.5) is 5.69 Å². The van der Waals surface area contributed by atoms with Crippen LogP contribution in [0, 0.1) is 0 Å². The van der Waals surface area contributed by atoms with Crippen molar-refractivity contribution >= 4 is 5.69 Å². The summed E-state index contributed by atoms with van der Waals surface area (Å²) in [6.07, 6.45) is -3.01. The number of nitrogens with zero attached hydrogens (tertiary/aromatic N) is 1. The first-order valence-corrected chi connectivity index (χ1v) is 6.64. The van der Waals surface area contributed by atoms with Crippen molar-refractivity contribution < 1.29 is 20.4 Å². The second kappa shape index (κ2) is 4.96. The van der Waals surface area contributed by atoms with Gasteiger partial charge in [-0.2, -0.15) is 0 Å². The number of piperidine rings is 1. The molecule has 2 aliphatic rings. The molecule has 2 heterocycles. The third-order valence-corrected chi connectivity index (χ3v) is 4.12. The lowest BCUT2D eigenvalue weighted by atomic mass is 10.0. The van der Waals surface area contributed by atoms with Crippen molar-refractivity contribution in [3.8, 4) is 0 Å². The molecule has 0 radical (unpaired) electrons. The molecule has 110 valence electrons. The average molecular weight is 281 g/mol. The topological polar surface area (TPSA) is 122 Å². The molecule has 0 aliphatic carbocycles. The molecule has 1 saturated heterocycles. The van der Waals surface area contributed by atoms with Gasteiger partial charge in [0.15, 0.2) is 0 Å². The molecule has 5 atom stereocenters. The molecule has 1 aromatic carbocycles. The maximum atomic E-state index is 10.4. The second-order valence-electron chi connectivity index (χ2n) is 5.32. The maximum Gasteiger partial charge on any atom is 0.138 e. The van der Waals surface area contributed by atoms with Crippen LogP contribution in [0.1, 0.15) is 36.4 Å². The van der Waals surface area contributed by atoms with Gasteiger partial charge in [0, 0.05) is 16.8 Å². The molecule has 1 fully saturated rings. The summed E-state index contributed by atoms with van der Waals surface area (Å²) in [5.74, 6) is 0. The molecule has 0 saturated carbocycles. The van der Waals surface area contributed by atoms with Crippen molar-refractivity contribution in [1.82, 2.24) is 10.2 Å². The van der Waals surface area contributed by atoms with Crippen molar-refractivity contribution in [1.29, 1.82) is 0 Å². The van der Waals surface area contributed by atoms with Gasteiger partial charge < -0.3 is 26.2 Å². The van der Waals surface area contributed by atoms with Crippen LogP contribution in [0.25, 0.3) is 0 Å². The van der Waals surface area contributed by atoms with Crippen molar-refractivity contribution in [2.24, 2.45) is 0 Å². The summed E-state index contributed by atoms with van der Waals surface area (Å²) in [5, 5.41) is 42.9. The second-order valence-corrected chi connectivity index (χ2v) is 5.32. The summed E-state index contributed by atoms with van der Waals surface area (Å²) in [7, 11) is 0. The summed E-state index contributed by atoms with van der Waals surface area (Å²) < 4.78 is 0. The number of nitrogens with one attached hydrogen (secondary N) is 1. The Bertz CT molecular complexity index is 512. The van der Waals surface area contributed by atoms with Crippen LogP contribution in [0.15, 0.2) is 18.2 Å². The molecule has 1 aromatic rings. The summed E-state index contributed by atoms with van der Waals surface area (Å²) in [5.41, 5.74) is 7.31. The van der Waals surface area contributed by atoms with E-state index in [1.165, 1.54) is 4.90 Å². The Morgan fingerprint density at radius 3 is 2.50 bits per heavy atom. The van der Waals surface area contributed by atoms with E-state index < -0.39 is 31.0 Å². The molecule has 20 heavy (non-hydrogen) atoms. The van der Waals surface area contributed by atoms with Gasteiger partial charge in [0.25, 0.3) is 0 Å². The lowest BCUT2D eigenvalue weighted by molar-refractivity contribution is -0.158. The first kappa shape index (κ1) is 13.7. The van der Waals surface area contributed by atoms with Crippen LogP contribution in [-0.2, 0) is 0 Å². The molecule has 0 spiro atoms. The smallest absolute Gasteiger partial charge is 0.138 e. The van der Waals surface area contributed by atoms with Crippen LogP contribution in [-0.4, -0.2) is 43.8 Å². The van der Waals surface area contributed by atoms with E-state index in [4.69, 9.17) is 5.73 Å². The quantitative estimate of drug-likeness (QED) is 0.363. The van der Waals surface area contributed by atoms with E-state index in [-0.39, 0.29) is 0 Å². The minimum absolute atomic E-state index is 0.412. The molecular formula is C13H19N3O4. The van der Waals surface area contributed by atoms with Gasteiger partial charge in [-0.3, -0.25) is 5.32 Å². The maximum absolute atomic E-state index is 10.4. The number of fused-ring (bicyclic) bond motifs is 1. The number of nitrogen functional groups attached to an aromatic ring is 1. The number of aliphatic hydroxyl groups is 4.